The van der Waals surface area contributed by atoms with E-state index in [-0.39, 0.29) is 24.2 Å². The van der Waals surface area contributed by atoms with Gasteiger partial charge in [-0.1, -0.05) is 41.9 Å². The molecule has 8 heteroatoms. The highest BCUT2D eigenvalue weighted by Crippen LogP contribution is 2.32. The number of likely N-dealkylation sites (tertiary alicyclic amines) is 1. The number of carbonyl (C=O) groups is 2. The number of benzene rings is 2. The standard InChI is InChI=1S/C23H22ClN3O3S/c1-30-20-8-7-16(11-18(20)24)19-14-31-23(25-19)26-22(29)17-12-21(28)27(13-17)10-9-15-5-3-2-4-6-15/h2-8,11,14,17H,9-10,12-13H2,1H3,(H,25,26,29). The quantitative estimate of drug-likeness (QED) is 0.569. The van der Waals surface area contributed by atoms with Crippen molar-refractivity contribution in [1.29, 1.82) is 0 Å². The lowest BCUT2D eigenvalue weighted by molar-refractivity contribution is -0.128. The van der Waals surface area contributed by atoms with Crippen LogP contribution in [0.5, 0.6) is 5.75 Å². The predicted molar refractivity (Wildman–Crippen MR) is 123 cm³/mol. The third-order valence-corrected chi connectivity index (χ3v) is 6.33. The molecule has 4 rings (SSSR count). The van der Waals surface area contributed by atoms with Crippen LogP contribution in [0.1, 0.15) is 12.0 Å². The van der Waals surface area contributed by atoms with Gasteiger partial charge in [-0.25, -0.2) is 4.98 Å². The fraction of sp³-hybridized carbons (Fsp3) is 0.261. The molecule has 0 aliphatic carbocycles. The Morgan fingerprint density at radius 2 is 2.10 bits per heavy atom. The highest BCUT2D eigenvalue weighted by atomic mass is 35.5. The van der Waals surface area contributed by atoms with Crippen LogP contribution >= 0.6 is 22.9 Å². The summed E-state index contributed by atoms with van der Waals surface area (Å²) in [7, 11) is 1.56. The highest BCUT2D eigenvalue weighted by molar-refractivity contribution is 7.14. The summed E-state index contributed by atoms with van der Waals surface area (Å²) in [6.07, 6.45) is 1.01. The van der Waals surface area contributed by atoms with E-state index in [1.807, 2.05) is 41.8 Å². The van der Waals surface area contributed by atoms with Gasteiger partial charge in [0.05, 0.1) is 23.7 Å². The Morgan fingerprint density at radius 3 is 2.84 bits per heavy atom. The van der Waals surface area contributed by atoms with Crippen LogP contribution in [0.4, 0.5) is 5.13 Å². The van der Waals surface area contributed by atoms with E-state index in [0.29, 0.717) is 29.0 Å². The zero-order valence-electron chi connectivity index (χ0n) is 17.0. The van der Waals surface area contributed by atoms with Crippen LogP contribution in [0.3, 0.4) is 0 Å². The Balaban J connectivity index is 1.34. The summed E-state index contributed by atoms with van der Waals surface area (Å²) in [4.78, 5) is 31.3. The molecule has 31 heavy (non-hydrogen) atoms. The molecule has 2 aromatic carbocycles. The van der Waals surface area contributed by atoms with Crippen LogP contribution in [-0.4, -0.2) is 41.9 Å². The minimum absolute atomic E-state index is 0.0174. The predicted octanol–water partition coefficient (Wildman–Crippen LogP) is 4.50. The first-order valence-corrected chi connectivity index (χ1v) is 11.2. The van der Waals surface area contributed by atoms with Gasteiger partial charge in [-0.2, -0.15) is 0 Å². The van der Waals surface area contributed by atoms with Crippen LogP contribution < -0.4 is 10.1 Å². The van der Waals surface area contributed by atoms with Crippen molar-refractivity contribution >= 4 is 39.9 Å². The average Bonchev–Trinajstić information content (AvgIpc) is 3.39. The van der Waals surface area contributed by atoms with Crippen molar-refractivity contribution < 1.29 is 14.3 Å². The molecule has 1 N–H and O–H groups in total. The van der Waals surface area contributed by atoms with E-state index in [9.17, 15) is 9.59 Å². The maximum atomic E-state index is 12.7. The zero-order valence-corrected chi connectivity index (χ0v) is 18.6. The second kappa shape index (κ2) is 9.49. The Hall–Kier alpha value is -2.90. The Kier molecular flexibility index (Phi) is 6.53. The number of aromatic nitrogens is 1. The van der Waals surface area contributed by atoms with Gasteiger partial charge in [0.25, 0.3) is 0 Å². The van der Waals surface area contributed by atoms with Crippen LogP contribution in [0.25, 0.3) is 11.3 Å². The second-order valence-electron chi connectivity index (χ2n) is 7.35. The summed E-state index contributed by atoms with van der Waals surface area (Å²) >= 11 is 7.53. The minimum atomic E-state index is -0.369. The molecular weight excluding hydrogens is 434 g/mol. The second-order valence-corrected chi connectivity index (χ2v) is 8.62. The Labute approximate surface area is 189 Å². The number of methoxy groups -OCH3 is 1. The lowest BCUT2D eigenvalue weighted by Gasteiger charge is -2.16. The number of carbonyl (C=O) groups excluding carboxylic acids is 2. The third kappa shape index (κ3) is 5.06. The maximum absolute atomic E-state index is 12.7. The summed E-state index contributed by atoms with van der Waals surface area (Å²) in [6, 6.07) is 15.5. The van der Waals surface area contributed by atoms with Crippen LogP contribution in [0, 0.1) is 5.92 Å². The molecule has 0 radical (unpaired) electrons. The number of anilines is 1. The topological polar surface area (TPSA) is 71.5 Å². The highest BCUT2D eigenvalue weighted by Gasteiger charge is 2.34. The molecule has 2 heterocycles. The molecule has 2 amide bonds. The van der Waals surface area contributed by atoms with Gasteiger partial charge in [0, 0.05) is 30.5 Å². The monoisotopic (exact) mass is 455 g/mol. The van der Waals surface area contributed by atoms with Crippen molar-refractivity contribution in [3.8, 4) is 17.0 Å². The first kappa shape index (κ1) is 21.3. The van der Waals surface area contributed by atoms with E-state index in [4.69, 9.17) is 16.3 Å². The van der Waals surface area contributed by atoms with Gasteiger partial charge >= 0.3 is 0 Å². The lowest BCUT2D eigenvalue weighted by Crippen LogP contribution is -2.30. The van der Waals surface area contributed by atoms with Crippen LogP contribution in [-0.2, 0) is 16.0 Å². The van der Waals surface area contributed by atoms with Crippen molar-refractivity contribution in [3.05, 3.63) is 64.5 Å². The molecule has 1 atom stereocenters. The van der Waals surface area contributed by atoms with E-state index in [0.717, 1.165) is 17.7 Å². The molecule has 3 aromatic rings. The summed E-state index contributed by atoms with van der Waals surface area (Å²) in [6.45, 7) is 1.05. The number of hydrogen-bond acceptors (Lipinski definition) is 5. The van der Waals surface area contributed by atoms with Crippen molar-refractivity contribution in [2.24, 2.45) is 5.92 Å². The molecule has 1 unspecified atom stereocenters. The first-order chi connectivity index (χ1) is 15.0. The van der Waals surface area contributed by atoms with Gasteiger partial charge < -0.3 is 15.0 Å². The fourth-order valence-corrected chi connectivity index (χ4v) is 4.55. The van der Waals surface area contributed by atoms with E-state index >= 15 is 0 Å². The molecule has 1 aromatic heterocycles. The summed E-state index contributed by atoms with van der Waals surface area (Å²) in [5.74, 6) is 0.0657. The number of hydrogen-bond donors (Lipinski definition) is 1. The largest absolute Gasteiger partial charge is 0.495 e. The van der Waals surface area contributed by atoms with Crippen molar-refractivity contribution in [3.63, 3.8) is 0 Å². The number of nitrogens with one attached hydrogen (secondary N) is 1. The summed E-state index contributed by atoms with van der Waals surface area (Å²) in [5.41, 5.74) is 2.74. The molecule has 0 saturated carbocycles. The molecule has 0 bridgehead atoms. The fourth-order valence-electron chi connectivity index (χ4n) is 3.57. The summed E-state index contributed by atoms with van der Waals surface area (Å²) in [5, 5.41) is 5.72. The molecule has 1 saturated heterocycles. The molecule has 1 aliphatic rings. The van der Waals surface area contributed by atoms with Crippen LogP contribution in [0.15, 0.2) is 53.9 Å². The summed E-state index contributed by atoms with van der Waals surface area (Å²) < 4.78 is 5.17. The minimum Gasteiger partial charge on any atom is -0.495 e. The number of rotatable bonds is 7. The molecule has 0 spiro atoms. The van der Waals surface area contributed by atoms with Gasteiger partial charge in [0.2, 0.25) is 11.8 Å². The van der Waals surface area contributed by atoms with Crippen LogP contribution in [0.2, 0.25) is 5.02 Å². The maximum Gasteiger partial charge on any atom is 0.231 e. The Morgan fingerprint density at radius 1 is 1.29 bits per heavy atom. The number of ether oxygens (including phenoxy) is 1. The first-order valence-electron chi connectivity index (χ1n) is 9.95. The number of thiazole rings is 1. The molecule has 6 nitrogen and oxygen atoms in total. The van der Waals surface area contributed by atoms with Crippen molar-refractivity contribution in [1.82, 2.24) is 9.88 Å². The van der Waals surface area contributed by atoms with Gasteiger partial charge in [-0.3, -0.25) is 9.59 Å². The third-order valence-electron chi connectivity index (χ3n) is 5.28. The average molecular weight is 456 g/mol. The lowest BCUT2D eigenvalue weighted by atomic mass is 10.1. The van der Waals surface area contributed by atoms with Crippen molar-refractivity contribution in [2.45, 2.75) is 12.8 Å². The Bertz CT molecular complexity index is 1090. The van der Waals surface area contributed by atoms with Gasteiger partial charge in [-0.15, -0.1) is 11.3 Å². The van der Waals surface area contributed by atoms with E-state index in [2.05, 4.69) is 10.3 Å². The number of nitrogens with zero attached hydrogens (tertiary/aromatic N) is 2. The molecule has 160 valence electrons. The van der Waals surface area contributed by atoms with E-state index in [1.165, 1.54) is 16.9 Å². The molecular formula is C23H22ClN3O3S. The van der Waals surface area contributed by atoms with Gasteiger partial charge in [-0.05, 0) is 30.2 Å². The molecule has 1 fully saturated rings. The van der Waals surface area contributed by atoms with Crippen molar-refractivity contribution in [2.75, 3.05) is 25.5 Å². The van der Waals surface area contributed by atoms with Gasteiger partial charge in [0.1, 0.15) is 5.75 Å². The SMILES string of the molecule is COc1ccc(-c2csc(NC(=O)C3CC(=O)N(CCc4ccccc4)C3)n2)cc1Cl. The zero-order chi connectivity index (χ0) is 21.8. The van der Waals surface area contributed by atoms with Gasteiger partial charge in [0.15, 0.2) is 5.13 Å². The number of amides is 2. The molecule has 1 aliphatic heterocycles. The number of halogens is 1. The van der Waals surface area contributed by atoms with E-state index in [1.54, 1.807) is 24.1 Å². The smallest absolute Gasteiger partial charge is 0.231 e. The van der Waals surface area contributed by atoms with E-state index < -0.39 is 0 Å². The normalized spacial score (nSPS) is 15.9.